The van der Waals surface area contributed by atoms with Crippen LogP contribution >= 0.6 is 0 Å². The van der Waals surface area contributed by atoms with E-state index in [0.29, 0.717) is 0 Å². The third-order valence-corrected chi connectivity index (χ3v) is 4.22. The SMILES string of the molecule is COc1cc2cc[nH+]c(Cc3ccc4c(c3)OCO4)c2cc1OC. The monoisotopic (exact) mass is 324 g/mol. The Balaban J connectivity index is 1.76. The van der Waals surface area contributed by atoms with Crippen LogP contribution in [0, 0.1) is 0 Å². The molecule has 0 fully saturated rings. The van der Waals surface area contributed by atoms with Gasteiger partial charge in [-0.1, -0.05) is 6.07 Å². The van der Waals surface area contributed by atoms with Gasteiger partial charge in [-0.2, -0.15) is 0 Å². The number of nitrogens with one attached hydrogen (secondary N) is 1. The molecule has 1 aromatic heterocycles. The maximum atomic E-state index is 5.46. The van der Waals surface area contributed by atoms with E-state index in [2.05, 4.69) is 11.1 Å². The van der Waals surface area contributed by atoms with Crippen LogP contribution in [0.25, 0.3) is 10.8 Å². The first kappa shape index (κ1) is 14.6. The van der Waals surface area contributed by atoms with Crippen molar-refractivity contribution in [3.8, 4) is 23.0 Å². The number of benzene rings is 2. The second kappa shape index (κ2) is 5.92. The molecule has 3 aromatic rings. The highest BCUT2D eigenvalue weighted by Gasteiger charge is 2.17. The van der Waals surface area contributed by atoms with Crippen molar-refractivity contribution in [2.45, 2.75) is 6.42 Å². The molecule has 0 spiro atoms. The molecule has 24 heavy (non-hydrogen) atoms. The van der Waals surface area contributed by atoms with Gasteiger partial charge in [0.1, 0.15) is 0 Å². The molecule has 0 bridgehead atoms. The summed E-state index contributed by atoms with van der Waals surface area (Å²) in [5.74, 6) is 3.04. The largest absolute Gasteiger partial charge is 0.493 e. The molecule has 0 saturated carbocycles. The van der Waals surface area contributed by atoms with E-state index < -0.39 is 0 Å². The highest BCUT2D eigenvalue weighted by molar-refractivity contribution is 5.87. The first-order chi connectivity index (χ1) is 11.8. The third kappa shape index (κ3) is 2.48. The number of ether oxygens (including phenoxy) is 4. The zero-order valence-electron chi connectivity index (χ0n) is 13.6. The van der Waals surface area contributed by atoms with E-state index in [1.807, 2.05) is 36.5 Å². The van der Waals surface area contributed by atoms with E-state index in [4.69, 9.17) is 18.9 Å². The van der Waals surface area contributed by atoms with Gasteiger partial charge in [0.25, 0.3) is 0 Å². The van der Waals surface area contributed by atoms with E-state index >= 15 is 0 Å². The molecule has 4 rings (SSSR count). The molecule has 0 unspecified atom stereocenters. The van der Waals surface area contributed by atoms with Crippen molar-refractivity contribution in [3.05, 3.63) is 53.9 Å². The van der Waals surface area contributed by atoms with Crippen molar-refractivity contribution in [2.75, 3.05) is 21.0 Å². The Hall–Kier alpha value is -2.95. The zero-order valence-corrected chi connectivity index (χ0v) is 13.6. The van der Waals surface area contributed by atoms with Crippen molar-refractivity contribution in [3.63, 3.8) is 0 Å². The molecule has 0 amide bonds. The number of H-pyrrole nitrogens is 1. The van der Waals surface area contributed by atoms with Crippen molar-refractivity contribution < 1.29 is 23.9 Å². The Kier molecular flexibility index (Phi) is 3.61. The van der Waals surface area contributed by atoms with Crippen LogP contribution in [-0.4, -0.2) is 21.0 Å². The normalized spacial score (nSPS) is 12.4. The molecule has 0 atom stereocenters. The fourth-order valence-electron chi connectivity index (χ4n) is 3.01. The number of pyridine rings is 1. The number of hydrogen-bond donors (Lipinski definition) is 0. The second-order valence-electron chi connectivity index (χ2n) is 5.62. The van der Waals surface area contributed by atoms with Crippen molar-refractivity contribution >= 4 is 10.8 Å². The van der Waals surface area contributed by atoms with E-state index in [-0.39, 0.29) is 6.79 Å². The Morgan fingerprint density at radius 1 is 0.958 bits per heavy atom. The number of hydrogen-bond acceptors (Lipinski definition) is 4. The van der Waals surface area contributed by atoms with Gasteiger partial charge in [-0.3, -0.25) is 0 Å². The van der Waals surface area contributed by atoms with Crippen LogP contribution in [0.15, 0.2) is 42.6 Å². The van der Waals surface area contributed by atoms with Crippen molar-refractivity contribution in [1.82, 2.24) is 0 Å². The first-order valence-electron chi connectivity index (χ1n) is 7.72. The number of fused-ring (bicyclic) bond motifs is 2. The summed E-state index contributed by atoms with van der Waals surface area (Å²) in [6.07, 6.45) is 2.69. The average molecular weight is 324 g/mol. The summed E-state index contributed by atoms with van der Waals surface area (Å²) in [4.78, 5) is 3.35. The minimum absolute atomic E-state index is 0.288. The Morgan fingerprint density at radius 3 is 2.58 bits per heavy atom. The molecule has 0 aliphatic carbocycles. The summed E-state index contributed by atoms with van der Waals surface area (Å²) in [6, 6.07) is 12.1. The van der Waals surface area contributed by atoms with E-state index in [0.717, 1.165) is 51.4 Å². The van der Waals surface area contributed by atoms with Crippen LogP contribution in [0.1, 0.15) is 11.3 Å². The lowest BCUT2D eigenvalue weighted by Crippen LogP contribution is -2.11. The average Bonchev–Trinajstić information content (AvgIpc) is 3.08. The molecule has 5 heteroatoms. The molecule has 0 saturated heterocycles. The minimum atomic E-state index is 0.288. The van der Waals surface area contributed by atoms with Gasteiger partial charge in [-0.15, -0.1) is 0 Å². The highest BCUT2D eigenvalue weighted by atomic mass is 16.7. The third-order valence-electron chi connectivity index (χ3n) is 4.22. The van der Waals surface area contributed by atoms with Gasteiger partial charge in [-0.25, -0.2) is 4.98 Å². The van der Waals surface area contributed by atoms with Crippen LogP contribution in [0.2, 0.25) is 0 Å². The van der Waals surface area contributed by atoms with Crippen LogP contribution in [0.5, 0.6) is 23.0 Å². The molecular formula is C19H18NO4+. The molecule has 1 aliphatic rings. The van der Waals surface area contributed by atoms with E-state index in [1.165, 1.54) is 0 Å². The topological polar surface area (TPSA) is 51.1 Å². The first-order valence-corrected chi connectivity index (χ1v) is 7.72. The fourth-order valence-corrected chi connectivity index (χ4v) is 3.01. The minimum Gasteiger partial charge on any atom is -0.493 e. The maximum Gasteiger partial charge on any atom is 0.231 e. The molecular weight excluding hydrogens is 306 g/mol. The van der Waals surface area contributed by atoms with Crippen LogP contribution in [0.4, 0.5) is 0 Å². The van der Waals surface area contributed by atoms with Gasteiger partial charge >= 0.3 is 0 Å². The molecule has 1 aliphatic heterocycles. The van der Waals surface area contributed by atoms with Gasteiger partial charge in [0.15, 0.2) is 34.9 Å². The molecule has 2 heterocycles. The maximum absolute atomic E-state index is 5.46. The molecule has 2 aromatic carbocycles. The summed E-state index contributed by atoms with van der Waals surface area (Å²) in [7, 11) is 3.29. The Morgan fingerprint density at radius 2 is 1.75 bits per heavy atom. The fraction of sp³-hybridized carbons (Fsp3) is 0.211. The smallest absolute Gasteiger partial charge is 0.231 e. The Bertz CT molecular complexity index is 907. The molecule has 5 nitrogen and oxygen atoms in total. The molecule has 0 radical (unpaired) electrons. The standard InChI is InChI=1S/C19H17NO4/c1-21-17-9-13-5-6-20-15(14(13)10-18(17)22-2)7-12-3-4-16-19(8-12)24-11-23-16/h3-6,8-10H,7,11H2,1-2H3/p+1. The van der Waals surface area contributed by atoms with Gasteiger partial charge in [0.05, 0.1) is 26.0 Å². The Labute approximate surface area is 139 Å². The quantitative estimate of drug-likeness (QED) is 0.740. The number of aromatic nitrogens is 1. The lowest BCUT2D eigenvalue weighted by Gasteiger charge is -2.09. The zero-order chi connectivity index (χ0) is 16.5. The summed E-state index contributed by atoms with van der Waals surface area (Å²) < 4.78 is 21.7. The van der Waals surface area contributed by atoms with E-state index in [1.54, 1.807) is 14.2 Å². The van der Waals surface area contributed by atoms with Crippen LogP contribution < -0.4 is 23.9 Å². The summed E-state index contributed by atoms with van der Waals surface area (Å²) in [5.41, 5.74) is 2.25. The summed E-state index contributed by atoms with van der Waals surface area (Å²) in [5, 5.41) is 2.20. The predicted molar refractivity (Wildman–Crippen MR) is 89.0 cm³/mol. The highest BCUT2D eigenvalue weighted by Crippen LogP contribution is 2.35. The lowest BCUT2D eigenvalue weighted by molar-refractivity contribution is -0.387. The van der Waals surface area contributed by atoms with Crippen LogP contribution in [-0.2, 0) is 6.42 Å². The summed E-state index contributed by atoms with van der Waals surface area (Å²) >= 11 is 0. The van der Waals surface area contributed by atoms with Gasteiger partial charge < -0.3 is 18.9 Å². The number of methoxy groups -OCH3 is 2. The van der Waals surface area contributed by atoms with Crippen LogP contribution in [0.3, 0.4) is 0 Å². The van der Waals surface area contributed by atoms with Gasteiger partial charge in [0.2, 0.25) is 6.79 Å². The van der Waals surface area contributed by atoms with Crippen molar-refractivity contribution in [2.24, 2.45) is 0 Å². The number of aromatic amines is 1. The summed E-state index contributed by atoms with van der Waals surface area (Å²) in [6.45, 7) is 0.288. The van der Waals surface area contributed by atoms with Gasteiger partial charge in [-0.05, 0) is 35.2 Å². The molecule has 1 N–H and O–H groups in total. The van der Waals surface area contributed by atoms with Gasteiger partial charge in [0, 0.05) is 6.07 Å². The van der Waals surface area contributed by atoms with Crippen molar-refractivity contribution in [1.29, 1.82) is 0 Å². The second-order valence-corrected chi connectivity index (χ2v) is 5.62. The molecule has 122 valence electrons. The predicted octanol–water partition coefficient (Wildman–Crippen LogP) is 2.99. The van der Waals surface area contributed by atoms with E-state index in [9.17, 15) is 0 Å². The lowest BCUT2D eigenvalue weighted by atomic mass is 10.0. The number of rotatable bonds is 4.